The van der Waals surface area contributed by atoms with Crippen LogP contribution in [0.25, 0.3) is 0 Å². The highest BCUT2D eigenvalue weighted by Gasteiger charge is 2.38. The number of piperazine rings is 1. The molecule has 6 heteroatoms. The number of hydrogen-bond donors (Lipinski definition) is 1. The third-order valence-corrected chi connectivity index (χ3v) is 3.56. The molecule has 5 nitrogen and oxygen atoms in total. The maximum Gasteiger partial charge on any atom is 0.338 e. The number of nitrogens with zero attached hydrogens (tertiary/aromatic N) is 2. The number of carbonyl (C=O) groups is 2. The molecule has 104 valence electrons. The predicted molar refractivity (Wildman–Crippen MR) is 66.0 cm³/mol. The summed E-state index contributed by atoms with van der Waals surface area (Å²) >= 11 is 0. The first kappa shape index (κ1) is 17.1. The van der Waals surface area contributed by atoms with Gasteiger partial charge in [-0.1, -0.05) is 13.5 Å². The molecule has 0 radical (unpaired) electrons. The molecule has 1 aliphatic heterocycles. The van der Waals surface area contributed by atoms with Gasteiger partial charge in [0.2, 0.25) is 5.91 Å². The average molecular weight is 276 g/mol. The van der Waals surface area contributed by atoms with Crippen LogP contribution in [0, 0.1) is 0 Å². The maximum atomic E-state index is 12.0. The molecule has 0 aliphatic carbocycles. The summed E-state index contributed by atoms with van der Waals surface area (Å²) in [4.78, 5) is 25.2. The number of carbonyl (C=O) groups excluding carboxylic acids is 2. The summed E-state index contributed by atoms with van der Waals surface area (Å²) in [6.45, 7) is 10.4. The monoisotopic (exact) mass is 275 g/mol. The van der Waals surface area contributed by atoms with Crippen LogP contribution in [-0.4, -0.2) is 60.5 Å². The fraction of sp³-hybridized carbons (Fsp3) is 0.667. The maximum absolute atomic E-state index is 12.0. The van der Waals surface area contributed by atoms with Crippen molar-refractivity contribution >= 4 is 11.8 Å². The molecule has 1 heterocycles. The Labute approximate surface area is 115 Å². The molecule has 18 heavy (non-hydrogen) atoms. The lowest BCUT2D eigenvalue weighted by atomic mass is 10.2. The van der Waals surface area contributed by atoms with Crippen molar-refractivity contribution < 1.29 is 26.5 Å². The number of quaternary nitrogens is 1. The van der Waals surface area contributed by atoms with Crippen LogP contribution in [0.1, 0.15) is 13.3 Å². The van der Waals surface area contributed by atoms with Gasteiger partial charge < -0.3 is 18.1 Å². The van der Waals surface area contributed by atoms with Crippen molar-refractivity contribution in [1.82, 2.24) is 4.90 Å². The summed E-state index contributed by atoms with van der Waals surface area (Å²) in [6, 6.07) is 0. The van der Waals surface area contributed by atoms with Crippen LogP contribution < -0.4 is 18.1 Å². The van der Waals surface area contributed by atoms with Crippen LogP contribution in [0.2, 0.25) is 0 Å². The first-order chi connectivity index (χ1) is 8.04. The van der Waals surface area contributed by atoms with Crippen molar-refractivity contribution in [3.63, 3.8) is 0 Å². The first-order valence-electron chi connectivity index (χ1n) is 6.08. The average Bonchev–Trinajstić information content (AvgIpc) is 2.36. The van der Waals surface area contributed by atoms with Crippen LogP contribution in [0.15, 0.2) is 12.7 Å². The molecule has 0 spiro atoms. The van der Waals surface area contributed by atoms with E-state index in [-0.39, 0.29) is 30.6 Å². The number of hydrogen-bond acceptors (Lipinski definition) is 3. The van der Waals surface area contributed by atoms with Gasteiger partial charge in [-0.15, -0.1) is 0 Å². The number of primary amides is 1. The molecular weight excluding hydrogens is 254 g/mol. The van der Waals surface area contributed by atoms with E-state index >= 15 is 0 Å². The molecule has 0 unspecified atom stereocenters. The Morgan fingerprint density at radius 1 is 1.39 bits per heavy atom. The molecule has 0 aromatic carbocycles. The van der Waals surface area contributed by atoms with Gasteiger partial charge in [0.05, 0.1) is 26.1 Å². The van der Waals surface area contributed by atoms with Gasteiger partial charge in [0.25, 0.3) is 0 Å². The van der Waals surface area contributed by atoms with E-state index < -0.39 is 0 Å². The van der Waals surface area contributed by atoms with Gasteiger partial charge in [-0.3, -0.25) is 14.2 Å². The lowest BCUT2D eigenvalue weighted by Crippen LogP contribution is -3.00. The molecule has 0 atom stereocenters. The predicted octanol–water partition coefficient (Wildman–Crippen LogP) is -3.27. The van der Waals surface area contributed by atoms with Gasteiger partial charge >= 0.3 is 5.91 Å². The highest BCUT2D eigenvalue weighted by Crippen LogP contribution is 2.15. The van der Waals surface area contributed by atoms with Gasteiger partial charge in [0.15, 0.2) is 0 Å². The van der Waals surface area contributed by atoms with Crippen molar-refractivity contribution in [2.45, 2.75) is 13.3 Å². The van der Waals surface area contributed by atoms with E-state index in [2.05, 4.69) is 18.4 Å². The van der Waals surface area contributed by atoms with E-state index in [0.717, 1.165) is 32.7 Å². The third kappa shape index (κ3) is 4.08. The van der Waals surface area contributed by atoms with E-state index in [1.54, 1.807) is 0 Å². The number of nitrogens with two attached hydrogens (primary N) is 1. The Balaban J connectivity index is 0.00000289. The molecule has 0 aromatic rings. The van der Waals surface area contributed by atoms with Crippen LogP contribution in [0.3, 0.4) is 0 Å². The summed E-state index contributed by atoms with van der Waals surface area (Å²) in [7, 11) is 0. The Morgan fingerprint density at radius 2 is 1.94 bits per heavy atom. The van der Waals surface area contributed by atoms with Crippen molar-refractivity contribution in [3.8, 4) is 0 Å². The SMILES string of the molecule is C=CC(=O)[N+]1(CCC(N)=O)CCN(CC)CC1.[Cl-]. The Kier molecular flexibility index (Phi) is 7.13. The summed E-state index contributed by atoms with van der Waals surface area (Å²) in [5.41, 5.74) is 5.17. The second-order valence-electron chi connectivity index (χ2n) is 4.51. The van der Waals surface area contributed by atoms with E-state index in [4.69, 9.17) is 5.73 Å². The molecule has 0 saturated carbocycles. The minimum atomic E-state index is -0.350. The van der Waals surface area contributed by atoms with Crippen molar-refractivity contribution in [2.75, 3.05) is 39.3 Å². The zero-order chi connectivity index (χ0) is 12.9. The van der Waals surface area contributed by atoms with Gasteiger partial charge in [-0.25, -0.2) is 4.79 Å². The molecule has 1 rings (SSSR count). The zero-order valence-corrected chi connectivity index (χ0v) is 11.7. The minimum Gasteiger partial charge on any atom is -1.00 e. The standard InChI is InChI=1S/C12H21N3O2.ClH/c1-3-12(17)15(8-5-11(13)16)9-6-14(4-2)7-10-15;/h3H,1,4-10H2,2H3,(H-,13,16);1H. The molecule has 1 aliphatic rings. The fourth-order valence-corrected chi connectivity index (χ4v) is 2.28. The molecule has 2 N–H and O–H groups in total. The molecule has 1 fully saturated rings. The normalized spacial score (nSPS) is 18.7. The quantitative estimate of drug-likeness (QED) is 0.423. The topological polar surface area (TPSA) is 63.4 Å². The zero-order valence-electron chi connectivity index (χ0n) is 10.9. The van der Waals surface area contributed by atoms with E-state index in [0.29, 0.717) is 11.0 Å². The number of amides is 2. The van der Waals surface area contributed by atoms with Gasteiger partial charge in [-0.05, 0) is 6.54 Å². The Hall–Kier alpha value is -0.910. The lowest BCUT2D eigenvalue weighted by molar-refractivity contribution is -0.856. The second-order valence-corrected chi connectivity index (χ2v) is 4.51. The van der Waals surface area contributed by atoms with Gasteiger partial charge in [0.1, 0.15) is 0 Å². The smallest absolute Gasteiger partial charge is 0.338 e. The Bertz CT molecular complexity index is 312. The summed E-state index contributed by atoms with van der Waals surface area (Å²) in [6.07, 6.45) is 1.62. The van der Waals surface area contributed by atoms with Crippen molar-refractivity contribution in [2.24, 2.45) is 5.73 Å². The second kappa shape index (κ2) is 7.51. The van der Waals surface area contributed by atoms with Gasteiger partial charge in [-0.2, -0.15) is 0 Å². The molecule has 2 amide bonds. The summed E-state index contributed by atoms with van der Waals surface area (Å²) in [5, 5.41) is 0. The summed E-state index contributed by atoms with van der Waals surface area (Å²) in [5.74, 6) is -0.348. The highest BCUT2D eigenvalue weighted by molar-refractivity contribution is 5.81. The summed E-state index contributed by atoms with van der Waals surface area (Å²) < 4.78 is 0.322. The van der Waals surface area contributed by atoms with Crippen LogP contribution in [0.5, 0.6) is 0 Å². The van der Waals surface area contributed by atoms with Crippen molar-refractivity contribution in [1.29, 1.82) is 0 Å². The number of rotatable bonds is 5. The first-order valence-corrected chi connectivity index (χ1v) is 6.08. The van der Waals surface area contributed by atoms with Crippen LogP contribution in [-0.2, 0) is 9.59 Å². The molecule has 0 aromatic heterocycles. The van der Waals surface area contributed by atoms with Crippen LogP contribution in [0.4, 0.5) is 0 Å². The van der Waals surface area contributed by atoms with E-state index in [9.17, 15) is 9.59 Å². The molecule has 1 saturated heterocycles. The van der Waals surface area contributed by atoms with Crippen molar-refractivity contribution in [3.05, 3.63) is 12.7 Å². The van der Waals surface area contributed by atoms with Crippen LogP contribution >= 0.6 is 0 Å². The Morgan fingerprint density at radius 3 is 2.33 bits per heavy atom. The molecule has 0 bridgehead atoms. The van der Waals surface area contributed by atoms with E-state index in [1.807, 2.05) is 0 Å². The van der Waals surface area contributed by atoms with E-state index in [1.165, 1.54) is 6.08 Å². The lowest BCUT2D eigenvalue weighted by Gasteiger charge is -2.41. The largest absolute Gasteiger partial charge is 1.00 e. The van der Waals surface area contributed by atoms with Gasteiger partial charge in [0, 0.05) is 19.2 Å². The highest BCUT2D eigenvalue weighted by atomic mass is 35.5. The number of likely N-dealkylation sites (N-methyl/N-ethyl adjacent to an activating group) is 1. The third-order valence-electron chi connectivity index (χ3n) is 3.56. The fourth-order valence-electron chi connectivity index (χ4n) is 2.28. The minimum absolute atomic E-state index is 0. The molecular formula is C12H22ClN3O2. The number of halogens is 1.